The van der Waals surface area contributed by atoms with Gasteiger partial charge in [0, 0.05) is 5.56 Å². The Hall–Kier alpha value is -3.79. The molecule has 1 aliphatic rings. The van der Waals surface area contributed by atoms with Crippen LogP contribution in [0.3, 0.4) is 0 Å². The van der Waals surface area contributed by atoms with Crippen LogP contribution in [0, 0.1) is 11.3 Å². The average Bonchev–Trinajstić information content (AvgIpc) is 2.81. The van der Waals surface area contributed by atoms with Crippen LogP contribution in [0.5, 0.6) is 11.5 Å². The van der Waals surface area contributed by atoms with Crippen molar-refractivity contribution in [3.63, 3.8) is 0 Å². The number of urea groups is 1. The number of nitriles is 1. The van der Waals surface area contributed by atoms with Crippen molar-refractivity contribution < 1.29 is 19.1 Å². The van der Waals surface area contributed by atoms with Gasteiger partial charge < -0.3 is 14.8 Å². The normalized spacial score (nSPS) is 12.6. The minimum absolute atomic E-state index is 0.0765. The fourth-order valence-corrected chi connectivity index (χ4v) is 2.16. The Balaban J connectivity index is 1.71. The molecular weight excluding hydrogens is 322 g/mol. The van der Waals surface area contributed by atoms with E-state index in [1.165, 1.54) is 0 Å². The molecule has 0 aliphatic carbocycles. The Labute approximate surface area is 143 Å². The Morgan fingerprint density at radius 2 is 1.68 bits per heavy atom. The zero-order valence-corrected chi connectivity index (χ0v) is 13.0. The van der Waals surface area contributed by atoms with Crippen molar-refractivity contribution in [2.75, 3.05) is 6.61 Å². The van der Waals surface area contributed by atoms with Crippen LogP contribution < -0.4 is 20.1 Å². The second-order valence-electron chi connectivity index (χ2n) is 5.03. The summed E-state index contributed by atoms with van der Waals surface area (Å²) in [6.07, 6.45) is 0. The van der Waals surface area contributed by atoms with Crippen LogP contribution in [0.25, 0.3) is 0 Å². The number of para-hydroxylation sites is 2. The first-order chi connectivity index (χ1) is 12.2. The quantitative estimate of drug-likeness (QED) is 0.877. The van der Waals surface area contributed by atoms with Crippen molar-refractivity contribution in [3.05, 3.63) is 71.6 Å². The van der Waals surface area contributed by atoms with E-state index in [-0.39, 0.29) is 18.1 Å². The van der Waals surface area contributed by atoms with Crippen molar-refractivity contribution in [1.29, 1.82) is 5.26 Å². The number of amides is 3. The number of benzene rings is 2. The van der Waals surface area contributed by atoms with Gasteiger partial charge in [-0.1, -0.05) is 30.3 Å². The highest BCUT2D eigenvalue weighted by atomic mass is 16.5. The van der Waals surface area contributed by atoms with E-state index in [9.17, 15) is 14.9 Å². The van der Waals surface area contributed by atoms with E-state index >= 15 is 0 Å². The molecule has 0 spiro atoms. The molecule has 0 fully saturated rings. The number of carbonyl (C=O) groups excluding carboxylic acids is 2. The number of allylic oxidation sites excluding steroid dienone is 1. The Kier molecular flexibility index (Phi) is 4.62. The number of fused-ring (bicyclic) bond motifs is 1. The van der Waals surface area contributed by atoms with E-state index < -0.39 is 11.9 Å². The summed E-state index contributed by atoms with van der Waals surface area (Å²) in [6, 6.07) is 16.2. The molecule has 1 heterocycles. The van der Waals surface area contributed by atoms with E-state index in [1.807, 2.05) is 6.07 Å². The summed E-state index contributed by atoms with van der Waals surface area (Å²) < 4.78 is 11.0. The fraction of sp³-hybridized carbons (Fsp3) is 0.0556. The Bertz CT molecular complexity index is 885. The Morgan fingerprint density at radius 1 is 1.00 bits per heavy atom. The molecule has 2 aromatic rings. The molecule has 0 atom stereocenters. The second-order valence-corrected chi connectivity index (χ2v) is 5.03. The maximum absolute atomic E-state index is 12.0. The van der Waals surface area contributed by atoms with Gasteiger partial charge in [-0.15, -0.1) is 0 Å². The predicted octanol–water partition coefficient (Wildman–Crippen LogP) is 2.33. The fourth-order valence-electron chi connectivity index (χ4n) is 2.16. The number of nitrogens with zero attached hydrogens (tertiary/aromatic N) is 1. The highest BCUT2D eigenvalue weighted by Crippen LogP contribution is 2.31. The third-order valence-electron chi connectivity index (χ3n) is 3.34. The van der Waals surface area contributed by atoms with E-state index in [4.69, 9.17) is 9.47 Å². The second kappa shape index (κ2) is 7.19. The van der Waals surface area contributed by atoms with Crippen molar-refractivity contribution in [2.45, 2.75) is 0 Å². The molecule has 3 rings (SSSR count). The lowest BCUT2D eigenvalue weighted by atomic mass is 10.2. The molecule has 2 aromatic carbocycles. The van der Waals surface area contributed by atoms with Gasteiger partial charge in [0.1, 0.15) is 18.4 Å². The summed E-state index contributed by atoms with van der Waals surface area (Å²) in [5.41, 5.74) is 0.463. The van der Waals surface area contributed by atoms with Crippen LogP contribution in [0.1, 0.15) is 10.4 Å². The van der Waals surface area contributed by atoms with Gasteiger partial charge in [-0.3, -0.25) is 10.1 Å². The van der Waals surface area contributed by atoms with Crippen LogP contribution >= 0.6 is 0 Å². The molecule has 7 heteroatoms. The largest absolute Gasteiger partial charge is 0.483 e. The molecule has 7 nitrogen and oxygen atoms in total. The highest BCUT2D eigenvalue weighted by molar-refractivity contribution is 6.04. The predicted molar refractivity (Wildman–Crippen MR) is 87.6 cm³/mol. The van der Waals surface area contributed by atoms with E-state index in [0.717, 1.165) is 0 Å². The maximum atomic E-state index is 12.0. The summed E-state index contributed by atoms with van der Waals surface area (Å²) in [7, 11) is 0. The lowest BCUT2D eigenvalue weighted by molar-refractivity contribution is 0.0964. The topological polar surface area (TPSA) is 100 Å². The van der Waals surface area contributed by atoms with Crippen molar-refractivity contribution >= 4 is 11.9 Å². The average molecular weight is 335 g/mol. The molecule has 0 saturated carbocycles. The van der Waals surface area contributed by atoms with E-state index in [1.54, 1.807) is 54.6 Å². The monoisotopic (exact) mass is 335 g/mol. The molecule has 0 aromatic heterocycles. The standard InChI is InChI=1S/C18H13N3O4/c19-10-16-13(11-24-14-8-4-5-9-15(14)25-16)20-18(23)21-17(22)12-6-2-1-3-7-12/h1-9H,11H2,(H2,20,21,22,23). The van der Waals surface area contributed by atoms with Gasteiger partial charge in [-0.05, 0) is 24.3 Å². The minimum Gasteiger partial charge on any atom is -0.483 e. The number of imide groups is 1. The van der Waals surface area contributed by atoms with Gasteiger partial charge in [-0.25, -0.2) is 4.79 Å². The SMILES string of the molecule is N#CC1=C(NC(=O)NC(=O)c2ccccc2)COc2ccccc2O1. The molecule has 25 heavy (non-hydrogen) atoms. The molecule has 0 bridgehead atoms. The molecule has 3 amide bonds. The first-order valence-corrected chi connectivity index (χ1v) is 7.37. The lowest BCUT2D eigenvalue weighted by Gasteiger charge is -2.10. The minimum atomic E-state index is -0.783. The molecule has 2 N–H and O–H groups in total. The molecule has 124 valence electrons. The number of hydrogen-bond acceptors (Lipinski definition) is 5. The number of rotatable bonds is 2. The summed E-state index contributed by atoms with van der Waals surface area (Å²) >= 11 is 0. The molecular formula is C18H13N3O4. The number of ether oxygens (including phenoxy) is 2. The molecule has 0 radical (unpaired) electrons. The maximum Gasteiger partial charge on any atom is 0.326 e. The summed E-state index contributed by atoms with van der Waals surface area (Å²) in [5.74, 6) is 0.160. The first kappa shape index (κ1) is 16.1. The van der Waals surface area contributed by atoms with Crippen molar-refractivity contribution in [1.82, 2.24) is 10.6 Å². The zero-order valence-electron chi connectivity index (χ0n) is 13.0. The number of carbonyl (C=O) groups is 2. The smallest absolute Gasteiger partial charge is 0.326 e. The van der Waals surface area contributed by atoms with Crippen LogP contribution in [0.4, 0.5) is 4.79 Å². The van der Waals surface area contributed by atoms with Gasteiger partial charge >= 0.3 is 6.03 Å². The van der Waals surface area contributed by atoms with Gasteiger partial charge in [0.25, 0.3) is 5.91 Å². The molecule has 0 saturated heterocycles. The van der Waals surface area contributed by atoms with Crippen molar-refractivity contribution in [2.24, 2.45) is 0 Å². The zero-order chi connectivity index (χ0) is 17.6. The summed E-state index contributed by atoms with van der Waals surface area (Å²) in [5, 5.41) is 13.9. The van der Waals surface area contributed by atoms with Crippen LogP contribution in [-0.2, 0) is 0 Å². The number of nitrogens with one attached hydrogen (secondary N) is 2. The highest BCUT2D eigenvalue weighted by Gasteiger charge is 2.20. The number of hydrogen-bond donors (Lipinski definition) is 2. The van der Waals surface area contributed by atoms with Crippen LogP contribution in [0.2, 0.25) is 0 Å². The van der Waals surface area contributed by atoms with Crippen molar-refractivity contribution in [3.8, 4) is 17.6 Å². The van der Waals surface area contributed by atoms with E-state index in [0.29, 0.717) is 17.1 Å². The first-order valence-electron chi connectivity index (χ1n) is 7.37. The van der Waals surface area contributed by atoms with Crippen LogP contribution in [0.15, 0.2) is 66.1 Å². The van der Waals surface area contributed by atoms with Gasteiger partial charge in [0.15, 0.2) is 11.5 Å². The van der Waals surface area contributed by atoms with Gasteiger partial charge in [0.2, 0.25) is 5.76 Å². The molecule has 0 unspecified atom stereocenters. The third kappa shape index (κ3) is 3.76. The van der Waals surface area contributed by atoms with E-state index in [2.05, 4.69) is 10.6 Å². The summed E-state index contributed by atoms with van der Waals surface area (Å²) in [4.78, 5) is 24.0. The third-order valence-corrected chi connectivity index (χ3v) is 3.34. The Morgan fingerprint density at radius 3 is 2.40 bits per heavy atom. The van der Waals surface area contributed by atoms with Crippen LogP contribution in [-0.4, -0.2) is 18.5 Å². The lowest BCUT2D eigenvalue weighted by Crippen LogP contribution is -2.40. The summed E-state index contributed by atoms with van der Waals surface area (Å²) in [6.45, 7) is -0.0765. The van der Waals surface area contributed by atoms with Gasteiger partial charge in [-0.2, -0.15) is 5.26 Å². The van der Waals surface area contributed by atoms with Gasteiger partial charge in [0.05, 0.1) is 0 Å². The molecule has 1 aliphatic heterocycles.